The number of pyridine rings is 1. The van der Waals surface area contributed by atoms with Crippen molar-refractivity contribution in [2.75, 3.05) is 31.1 Å². The van der Waals surface area contributed by atoms with Crippen molar-refractivity contribution in [3.63, 3.8) is 0 Å². The first-order chi connectivity index (χ1) is 9.35. The zero-order valence-corrected chi connectivity index (χ0v) is 13.0. The molecule has 2 rings (SSSR count). The summed E-state index contributed by atoms with van der Waals surface area (Å²) in [5.41, 5.74) is 1.57. The van der Waals surface area contributed by atoms with E-state index in [1.54, 1.807) is 6.92 Å². The van der Waals surface area contributed by atoms with Crippen LogP contribution in [0.15, 0.2) is 18.3 Å². The van der Waals surface area contributed by atoms with E-state index >= 15 is 0 Å². The summed E-state index contributed by atoms with van der Waals surface area (Å²) in [5, 5.41) is 0. The van der Waals surface area contributed by atoms with Crippen molar-refractivity contribution in [3.8, 4) is 0 Å². The molecule has 4 heteroatoms. The molecule has 1 saturated heterocycles. The first-order valence-corrected chi connectivity index (χ1v) is 7.30. The zero-order chi connectivity index (χ0) is 14.8. The maximum atomic E-state index is 11.3. The molecule has 0 radical (unpaired) electrons. The Morgan fingerprint density at radius 3 is 2.30 bits per heavy atom. The Labute approximate surface area is 121 Å². The third kappa shape index (κ3) is 3.95. The lowest BCUT2D eigenvalue weighted by Crippen LogP contribution is -2.48. The predicted molar refractivity (Wildman–Crippen MR) is 81.9 cm³/mol. The summed E-state index contributed by atoms with van der Waals surface area (Å²) in [7, 11) is 0. The van der Waals surface area contributed by atoms with E-state index in [1.165, 1.54) is 5.56 Å². The zero-order valence-electron chi connectivity index (χ0n) is 13.0. The van der Waals surface area contributed by atoms with Gasteiger partial charge in [0.1, 0.15) is 5.82 Å². The number of piperazine rings is 1. The van der Waals surface area contributed by atoms with Gasteiger partial charge >= 0.3 is 0 Å². The highest BCUT2D eigenvalue weighted by Gasteiger charge is 2.19. The van der Waals surface area contributed by atoms with E-state index in [0.29, 0.717) is 0 Å². The molecule has 0 spiro atoms. The van der Waals surface area contributed by atoms with E-state index in [0.717, 1.165) is 38.4 Å². The van der Waals surface area contributed by atoms with E-state index in [9.17, 15) is 4.79 Å². The lowest BCUT2D eigenvalue weighted by atomic mass is 9.89. The molecule has 0 atom stereocenters. The molecule has 1 aliphatic rings. The van der Waals surface area contributed by atoms with Gasteiger partial charge in [0, 0.05) is 39.3 Å². The van der Waals surface area contributed by atoms with E-state index in [-0.39, 0.29) is 11.3 Å². The third-order valence-corrected chi connectivity index (χ3v) is 3.59. The molecule has 0 aromatic carbocycles. The first-order valence-electron chi connectivity index (χ1n) is 7.30. The van der Waals surface area contributed by atoms with Crippen LogP contribution in [0.25, 0.3) is 0 Å². The topological polar surface area (TPSA) is 36.4 Å². The average molecular weight is 275 g/mol. The standard InChI is InChI=1S/C16H25N3O/c1-13(20)18-7-9-19(10-8-18)15-6-5-14(12-17-15)11-16(2,3)4/h5-6,12H,7-11H2,1-4H3. The second-order valence-corrected chi connectivity index (χ2v) is 6.76. The largest absolute Gasteiger partial charge is 0.353 e. The molecule has 2 heterocycles. The molecule has 1 aromatic rings. The van der Waals surface area contributed by atoms with Crippen LogP contribution in [0.4, 0.5) is 5.82 Å². The molecule has 4 nitrogen and oxygen atoms in total. The molecule has 1 aliphatic heterocycles. The second-order valence-electron chi connectivity index (χ2n) is 6.76. The number of hydrogen-bond acceptors (Lipinski definition) is 3. The lowest BCUT2D eigenvalue weighted by Gasteiger charge is -2.35. The normalized spacial score (nSPS) is 16.4. The Morgan fingerprint density at radius 2 is 1.85 bits per heavy atom. The van der Waals surface area contributed by atoms with E-state index in [1.807, 2.05) is 11.1 Å². The molecular formula is C16H25N3O. The van der Waals surface area contributed by atoms with Crippen LogP contribution in [0.5, 0.6) is 0 Å². The molecule has 1 fully saturated rings. The van der Waals surface area contributed by atoms with Gasteiger partial charge in [0.05, 0.1) is 0 Å². The first kappa shape index (κ1) is 14.8. The molecule has 20 heavy (non-hydrogen) atoms. The molecule has 110 valence electrons. The summed E-state index contributed by atoms with van der Waals surface area (Å²) in [5.74, 6) is 1.18. The molecule has 0 N–H and O–H groups in total. The average Bonchev–Trinajstić information content (AvgIpc) is 2.38. The number of anilines is 1. The van der Waals surface area contributed by atoms with Crippen molar-refractivity contribution in [3.05, 3.63) is 23.9 Å². The monoisotopic (exact) mass is 275 g/mol. The number of hydrogen-bond donors (Lipinski definition) is 0. The molecular weight excluding hydrogens is 250 g/mol. The van der Waals surface area contributed by atoms with E-state index in [4.69, 9.17) is 0 Å². The maximum absolute atomic E-state index is 11.3. The molecule has 0 aliphatic carbocycles. The fraction of sp³-hybridized carbons (Fsp3) is 0.625. The third-order valence-electron chi connectivity index (χ3n) is 3.59. The van der Waals surface area contributed by atoms with Gasteiger partial charge in [0.25, 0.3) is 0 Å². The predicted octanol–water partition coefficient (Wildman–Crippen LogP) is 2.34. The van der Waals surface area contributed by atoms with Crippen molar-refractivity contribution in [1.29, 1.82) is 0 Å². The minimum atomic E-state index is 0.165. The van der Waals surface area contributed by atoms with Crippen LogP contribution in [0.2, 0.25) is 0 Å². The Kier molecular flexibility index (Phi) is 4.31. The van der Waals surface area contributed by atoms with Gasteiger partial charge in [-0.2, -0.15) is 0 Å². The van der Waals surface area contributed by atoms with E-state index < -0.39 is 0 Å². The van der Waals surface area contributed by atoms with Crippen molar-refractivity contribution < 1.29 is 4.79 Å². The van der Waals surface area contributed by atoms with Gasteiger partial charge in [0.15, 0.2) is 0 Å². The van der Waals surface area contributed by atoms with Gasteiger partial charge in [-0.1, -0.05) is 26.8 Å². The molecule has 0 unspecified atom stereocenters. The Hall–Kier alpha value is -1.58. The number of aromatic nitrogens is 1. The van der Waals surface area contributed by atoms with E-state index in [2.05, 4.69) is 42.8 Å². The molecule has 0 bridgehead atoms. The summed E-state index contributed by atoms with van der Waals surface area (Å²) < 4.78 is 0. The van der Waals surface area contributed by atoms with Gasteiger partial charge in [-0.3, -0.25) is 4.79 Å². The second kappa shape index (κ2) is 5.81. The number of carbonyl (C=O) groups excluding carboxylic acids is 1. The van der Waals surface area contributed by atoms with Crippen molar-refractivity contribution in [1.82, 2.24) is 9.88 Å². The highest BCUT2D eigenvalue weighted by atomic mass is 16.2. The molecule has 1 amide bonds. The van der Waals surface area contributed by atoms with Crippen LogP contribution in [0.1, 0.15) is 33.3 Å². The Morgan fingerprint density at radius 1 is 1.20 bits per heavy atom. The highest BCUT2D eigenvalue weighted by Crippen LogP contribution is 2.21. The highest BCUT2D eigenvalue weighted by molar-refractivity contribution is 5.73. The van der Waals surface area contributed by atoms with Gasteiger partial charge in [-0.25, -0.2) is 4.98 Å². The summed E-state index contributed by atoms with van der Waals surface area (Å²) in [6, 6.07) is 4.27. The maximum Gasteiger partial charge on any atom is 0.219 e. The van der Waals surface area contributed by atoms with Crippen LogP contribution >= 0.6 is 0 Å². The van der Waals surface area contributed by atoms with Crippen molar-refractivity contribution in [2.45, 2.75) is 34.1 Å². The van der Waals surface area contributed by atoms with Crippen molar-refractivity contribution in [2.24, 2.45) is 5.41 Å². The summed E-state index contributed by atoms with van der Waals surface area (Å²) in [6.45, 7) is 11.7. The summed E-state index contributed by atoms with van der Waals surface area (Å²) in [6.07, 6.45) is 3.02. The number of carbonyl (C=O) groups is 1. The van der Waals surface area contributed by atoms with Crippen molar-refractivity contribution >= 4 is 11.7 Å². The molecule has 0 saturated carbocycles. The van der Waals surface area contributed by atoms with Crippen LogP contribution in [-0.2, 0) is 11.2 Å². The van der Waals surface area contributed by atoms with Crippen LogP contribution in [-0.4, -0.2) is 42.0 Å². The van der Waals surface area contributed by atoms with Gasteiger partial charge in [0.2, 0.25) is 5.91 Å². The number of nitrogens with zero attached hydrogens (tertiary/aromatic N) is 3. The summed E-state index contributed by atoms with van der Waals surface area (Å²) >= 11 is 0. The van der Waals surface area contributed by atoms with Crippen LogP contribution in [0.3, 0.4) is 0 Å². The summed E-state index contributed by atoms with van der Waals surface area (Å²) in [4.78, 5) is 20.0. The lowest BCUT2D eigenvalue weighted by molar-refractivity contribution is -0.129. The smallest absolute Gasteiger partial charge is 0.219 e. The molecule has 1 aromatic heterocycles. The van der Waals surface area contributed by atoms with Crippen LogP contribution < -0.4 is 4.90 Å². The van der Waals surface area contributed by atoms with Gasteiger partial charge in [-0.05, 0) is 23.5 Å². The minimum absolute atomic E-state index is 0.165. The quantitative estimate of drug-likeness (QED) is 0.831. The van der Waals surface area contributed by atoms with Gasteiger partial charge < -0.3 is 9.80 Å². The van der Waals surface area contributed by atoms with Gasteiger partial charge in [-0.15, -0.1) is 0 Å². The fourth-order valence-electron chi connectivity index (χ4n) is 2.57. The minimum Gasteiger partial charge on any atom is -0.353 e. The number of rotatable bonds is 2. The fourth-order valence-corrected chi connectivity index (χ4v) is 2.57. The van der Waals surface area contributed by atoms with Crippen LogP contribution in [0, 0.1) is 5.41 Å². The SMILES string of the molecule is CC(=O)N1CCN(c2ccc(CC(C)(C)C)cn2)CC1. The number of amides is 1. The Bertz CT molecular complexity index is 454. The Balaban J connectivity index is 1.96.